The Kier molecular flexibility index (Phi) is 4.29. The molecule has 0 bridgehead atoms. The minimum Gasteiger partial charge on any atom is -0.341 e. The van der Waals surface area contributed by atoms with Crippen LogP contribution in [0.1, 0.15) is 46.6 Å². The first-order chi connectivity index (χ1) is 14.7. The van der Waals surface area contributed by atoms with Crippen LogP contribution in [-0.2, 0) is 5.41 Å². The van der Waals surface area contributed by atoms with Crippen LogP contribution in [0.25, 0.3) is 11.0 Å². The highest BCUT2D eigenvalue weighted by atomic mass is 16.1. The minimum atomic E-state index is -0.289. The second kappa shape index (κ2) is 7.12. The van der Waals surface area contributed by atoms with Crippen molar-refractivity contribution in [3.05, 3.63) is 89.4 Å². The van der Waals surface area contributed by atoms with E-state index in [0.29, 0.717) is 16.9 Å². The molecule has 6 nitrogen and oxygen atoms in total. The number of H-pyrrole nitrogens is 1. The lowest BCUT2D eigenvalue weighted by atomic mass is 9.64. The van der Waals surface area contributed by atoms with Crippen molar-refractivity contribution in [3.8, 4) is 6.07 Å². The van der Waals surface area contributed by atoms with Gasteiger partial charge in [-0.05, 0) is 54.8 Å². The number of pyridine rings is 1. The molecule has 6 heteroatoms. The van der Waals surface area contributed by atoms with Crippen LogP contribution in [0.15, 0.2) is 66.9 Å². The highest BCUT2D eigenvalue weighted by Gasteiger charge is 2.43. The van der Waals surface area contributed by atoms with E-state index < -0.39 is 0 Å². The van der Waals surface area contributed by atoms with Crippen LogP contribution >= 0.6 is 0 Å². The molecular weight excluding hydrogens is 374 g/mol. The Hall–Kier alpha value is -3.98. The summed E-state index contributed by atoms with van der Waals surface area (Å²) < 4.78 is 0. The summed E-state index contributed by atoms with van der Waals surface area (Å²) in [5.41, 5.74) is 3.82. The van der Waals surface area contributed by atoms with Crippen LogP contribution in [0.5, 0.6) is 0 Å². The van der Waals surface area contributed by atoms with E-state index in [1.165, 1.54) is 0 Å². The van der Waals surface area contributed by atoms with Crippen molar-refractivity contribution in [1.29, 1.82) is 5.26 Å². The van der Waals surface area contributed by atoms with Crippen LogP contribution in [0.3, 0.4) is 0 Å². The number of hydrogen-bond acceptors (Lipinski definition) is 4. The summed E-state index contributed by atoms with van der Waals surface area (Å²) >= 11 is 0. The molecule has 2 heterocycles. The van der Waals surface area contributed by atoms with Gasteiger partial charge in [-0.15, -0.1) is 0 Å². The quantitative estimate of drug-likeness (QED) is 0.532. The number of benzene rings is 2. The molecule has 0 unspecified atom stereocenters. The Bertz CT molecular complexity index is 1250. The Labute approximate surface area is 173 Å². The Balaban J connectivity index is 1.40. The zero-order valence-corrected chi connectivity index (χ0v) is 16.2. The highest BCUT2D eigenvalue weighted by molar-refractivity contribution is 6.03. The zero-order valence-electron chi connectivity index (χ0n) is 16.2. The number of carbonyl (C=O) groups excluding carboxylic acids is 1. The van der Waals surface area contributed by atoms with Crippen molar-refractivity contribution in [3.63, 3.8) is 0 Å². The van der Waals surface area contributed by atoms with Gasteiger partial charge in [-0.2, -0.15) is 5.26 Å². The van der Waals surface area contributed by atoms with Crippen LogP contribution in [-0.4, -0.2) is 20.9 Å². The maximum atomic E-state index is 12.5. The fraction of sp³-hybridized carbons (Fsp3) is 0.167. The van der Waals surface area contributed by atoms with Crippen molar-refractivity contribution in [2.24, 2.45) is 0 Å². The molecule has 1 aliphatic rings. The molecule has 0 saturated heterocycles. The van der Waals surface area contributed by atoms with Gasteiger partial charge in [-0.25, -0.2) is 9.97 Å². The third-order valence-electron chi connectivity index (χ3n) is 5.86. The lowest BCUT2D eigenvalue weighted by Crippen LogP contribution is -2.36. The van der Waals surface area contributed by atoms with E-state index in [4.69, 9.17) is 10.2 Å². The SMILES string of the molecule is N#Cc1cccc(C(=O)Nc2ccc(C3(c4nc5ccccc5[nH]4)CCC3)cn2)c1. The lowest BCUT2D eigenvalue weighted by molar-refractivity contribution is 0.102. The second-order valence-electron chi connectivity index (χ2n) is 7.62. The van der Waals surface area contributed by atoms with Crippen LogP contribution in [0, 0.1) is 11.3 Å². The molecule has 146 valence electrons. The predicted molar refractivity (Wildman–Crippen MR) is 114 cm³/mol. The molecule has 2 aromatic carbocycles. The van der Waals surface area contributed by atoms with Crippen molar-refractivity contribution in [2.45, 2.75) is 24.7 Å². The summed E-state index contributed by atoms with van der Waals surface area (Å²) in [5.74, 6) is 1.16. The molecule has 0 atom stereocenters. The second-order valence-corrected chi connectivity index (χ2v) is 7.62. The summed E-state index contributed by atoms with van der Waals surface area (Å²) in [6.07, 6.45) is 5.00. The average molecular weight is 393 g/mol. The van der Waals surface area contributed by atoms with Gasteiger partial charge in [0.25, 0.3) is 5.91 Å². The predicted octanol–water partition coefficient (Wildman–Crippen LogP) is 4.55. The van der Waals surface area contributed by atoms with Gasteiger partial charge in [0, 0.05) is 11.8 Å². The van der Waals surface area contributed by atoms with Gasteiger partial charge in [-0.1, -0.05) is 30.7 Å². The van der Waals surface area contributed by atoms with E-state index in [2.05, 4.69) is 15.3 Å². The number of aromatic amines is 1. The molecule has 2 N–H and O–H groups in total. The molecule has 1 fully saturated rings. The number of nitrogens with zero attached hydrogens (tertiary/aromatic N) is 3. The van der Waals surface area contributed by atoms with Crippen molar-refractivity contribution >= 4 is 22.8 Å². The van der Waals surface area contributed by atoms with E-state index >= 15 is 0 Å². The van der Waals surface area contributed by atoms with Crippen molar-refractivity contribution in [1.82, 2.24) is 15.0 Å². The smallest absolute Gasteiger partial charge is 0.256 e. The molecule has 30 heavy (non-hydrogen) atoms. The number of hydrogen-bond donors (Lipinski definition) is 2. The Morgan fingerprint density at radius 3 is 2.67 bits per heavy atom. The van der Waals surface area contributed by atoms with E-state index in [9.17, 15) is 4.79 Å². The topological polar surface area (TPSA) is 94.5 Å². The molecule has 0 radical (unpaired) electrons. The lowest BCUT2D eigenvalue weighted by Gasteiger charge is -2.40. The molecule has 2 aromatic heterocycles. The van der Waals surface area contributed by atoms with Crippen LogP contribution < -0.4 is 5.32 Å². The largest absolute Gasteiger partial charge is 0.341 e. The van der Waals surface area contributed by atoms with E-state index in [-0.39, 0.29) is 11.3 Å². The maximum Gasteiger partial charge on any atom is 0.256 e. The number of imidazole rings is 1. The fourth-order valence-electron chi connectivity index (χ4n) is 4.04. The molecule has 0 aliphatic heterocycles. The van der Waals surface area contributed by atoms with Gasteiger partial charge in [0.1, 0.15) is 11.6 Å². The van der Waals surface area contributed by atoms with Crippen LogP contribution in [0.4, 0.5) is 5.82 Å². The summed E-state index contributed by atoms with van der Waals surface area (Å²) in [5, 5.41) is 11.8. The third-order valence-corrected chi connectivity index (χ3v) is 5.86. The molecule has 1 saturated carbocycles. The number of rotatable bonds is 4. The first-order valence-corrected chi connectivity index (χ1v) is 9.91. The molecule has 1 aliphatic carbocycles. The fourth-order valence-corrected chi connectivity index (χ4v) is 4.04. The number of nitriles is 1. The number of aromatic nitrogens is 3. The van der Waals surface area contributed by atoms with Gasteiger partial charge in [0.15, 0.2) is 0 Å². The molecular formula is C24H19N5O. The zero-order chi connectivity index (χ0) is 20.6. The van der Waals surface area contributed by atoms with Crippen molar-refractivity contribution in [2.75, 3.05) is 5.32 Å². The molecule has 4 aromatic rings. The summed E-state index contributed by atoms with van der Waals surface area (Å²) in [4.78, 5) is 25.3. The molecule has 1 amide bonds. The van der Waals surface area contributed by atoms with Crippen molar-refractivity contribution < 1.29 is 4.79 Å². The Morgan fingerprint density at radius 1 is 1.10 bits per heavy atom. The molecule has 5 rings (SSSR count). The third kappa shape index (κ3) is 3.01. The van der Waals surface area contributed by atoms with Gasteiger partial charge < -0.3 is 10.3 Å². The first-order valence-electron chi connectivity index (χ1n) is 9.91. The Morgan fingerprint density at radius 2 is 1.97 bits per heavy atom. The monoisotopic (exact) mass is 393 g/mol. The summed E-state index contributed by atoms with van der Waals surface area (Å²) in [6, 6.07) is 20.5. The van der Waals surface area contributed by atoms with Gasteiger partial charge in [0.05, 0.1) is 28.1 Å². The first kappa shape index (κ1) is 18.1. The normalized spacial score (nSPS) is 14.6. The van der Waals surface area contributed by atoms with E-state index in [0.717, 1.165) is 41.7 Å². The summed E-state index contributed by atoms with van der Waals surface area (Å²) in [7, 11) is 0. The van der Waals surface area contributed by atoms with E-state index in [1.807, 2.05) is 48.7 Å². The summed E-state index contributed by atoms with van der Waals surface area (Å²) in [6.45, 7) is 0. The van der Waals surface area contributed by atoms with Crippen LogP contribution in [0.2, 0.25) is 0 Å². The van der Waals surface area contributed by atoms with Gasteiger partial charge in [0.2, 0.25) is 0 Å². The number of para-hydroxylation sites is 2. The minimum absolute atomic E-state index is 0.157. The van der Waals surface area contributed by atoms with E-state index in [1.54, 1.807) is 24.3 Å². The highest BCUT2D eigenvalue weighted by Crippen LogP contribution is 2.48. The van der Waals surface area contributed by atoms with Gasteiger partial charge in [-0.3, -0.25) is 4.79 Å². The maximum absolute atomic E-state index is 12.5. The number of anilines is 1. The standard InChI is InChI=1S/C24H19N5O/c25-14-16-5-3-6-17(13-16)22(30)29-21-10-9-18(15-26-21)24(11-4-12-24)23-27-19-7-1-2-8-20(19)28-23/h1-3,5-10,13,15H,4,11-12H2,(H,27,28)(H,26,29,30). The number of nitrogens with one attached hydrogen (secondary N) is 2. The average Bonchev–Trinajstić information content (AvgIpc) is 3.18. The number of amides is 1. The number of fused-ring (bicyclic) bond motifs is 1. The number of carbonyl (C=O) groups is 1. The van der Waals surface area contributed by atoms with Gasteiger partial charge >= 0.3 is 0 Å². The molecule has 0 spiro atoms.